The summed E-state index contributed by atoms with van der Waals surface area (Å²) in [5.74, 6) is 0. The summed E-state index contributed by atoms with van der Waals surface area (Å²) in [6.45, 7) is 8.11. The number of rotatable bonds is 2. The van der Waals surface area contributed by atoms with Crippen LogP contribution in [-0.4, -0.2) is 0 Å². The van der Waals surface area contributed by atoms with Gasteiger partial charge in [0.05, 0.1) is 0 Å². The molecule has 0 aliphatic rings. The third-order valence-corrected chi connectivity index (χ3v) is 2.74. The van der Waals surface area contributed by atoms with Gasteiger partial charge in [-0.15, -0.1) is 0 Å². The van der Waals surface area contributed by atoms with Crippen molar-refractivity contribution < 1.29 is 4.42 Å². The van der Waals surface area contributed by atoms with Crippen LogP contribution in [-0.2, 0) is 0 Å². The molecule has 82 valence electrons. The highest BCUT2D eigenvalue weighted by Gasteiger charge is 2.00. The molecule has 2 aromatic rings. The fourth-order valence-electron chi connectivity index (χ4n) is 1.78. The van der Waals surface area contributed by atoms with Crippen molar-refractivity contribution in [2.24, 2.45) is 0 Å². The summed E-state index contributed by atoms with van der Waals surface area (Å²) in [6, 6.07) is 8.10. The third-order valence-electron chi connectivity index (χ3n) is 2.74. The second-order valence-electron chi connectivity index (χ2n) is 3.82. The van der Waals surface area contributed by atoms with Crippen molar-refractivity contribution in [1.82, 2.24) is 0 Å². The molecule has 0 N–H and O–H groups in total. The summed E-state index contributed by atoms with van der Waals surface area (Å²) >= 11 is 0. The molecule has 0 bridgehead atoms. The Bertz CT molecular complexity index is 629. The molecule has 1 heterocycles. The molecule has 0 aliphatic carbocycles. The molecular formula is C15H16O. The van der Waals surface area contributed by atoms with Crippen LogP contribution >= 0.6 is 0 Å². The first-order valence-corrected chi connectivity index (χ1v) is 5.59. The van der Waals surface area contributed by atoms with Gasteiger partial charge in [0, 0.05) is 10.6 Å². The summed E-state index contributed by atoms with van der Waals surface area (Å²) in [5.41, 5.74) is 2.93. The normalized spacial score (nSPS) is 13.6. The first-order valence-electron chi connectivity index (χ1n) is 5.59. The van der Waals surface area contributed by atoms with Gasteiger partial charge < -0.3 is 4.42 Å². The van der Waals surface area contributed by atoms with E-state index in [0.717, 1.165) is 28.2 Å². The minimum Gasteiger partial charge on any atom is -0.456 e. The van der Waals surface area contributed by atoms with Crippen LogP contribution in [0.5, 0.6) is 0 Å². The molecule has 1 aromatic carbocycles. The van der Waals surface area contributed by atoms with Gasteiger partial charge in [-0.1, -0.05) is 43.4 Å². The molecule has 0 unspecified atom stereocenters. The van der Waals surface area contributed by atoms with Crippen LogP contribution in [0.2, 0.25) is 0 Å². The van der Waals surface area contributed by atoms with Gasteiger partial charge >= 0.3 is 0 Å². The molecule has 2 rings (SSSR count). The number of para-hydroxylation sites is 1. The third kappa shape index (κ3) is 1.81. The van der Waals surface area contributed by atoms with Gasteiger partial charge in [-0.2, -0.15) is 0 Å². The van der Waals surface area contributed by atoms with Crippen LogP contribution in [0.4, 0.5) is 0 Å². The summed E-state index contributed by atoms with van der Waals surface area (Å²) < 4.78 is 5.81. The summed E-state index contributed by atoms with van der Waals surface area (Å²) in [6.07, 6.45) is 5.05. The Morgan fingerprint density at radius 2 is 2.12 bits per heavy atom. The van der Waals surface area contributed by atoms with E-state index < -0.39 is 0 Å². The summed E-state index contributed by atoms with van der Waals surface area (Å²) in [5, 5.41) is 2.32. The lowest BCUT2D eigenvalue weighted by Gasteiger charge is -1.88. The fourth-order valence-corrected chi connectivity index (χ4v) is 1.78. The molecule has 0 aliphatic heterocycles. The lowest BCUT2D eigenvalue weighted by Crippen LogP contribution is -2.19. The molecule has 0 radical (unpaired) electrons. The highest BCUT2D eigenvalue weighted by atomic mass is 16.3. The Balaban J connectivity index is 2.81. The first-order chi connectivity index (χ1) is 7.76. The van der Waals surface area contributed by atoms with Crippen LogP contribution in [0.3, 0.4) is 0 Å². The number of benzene rings is 1. The molecule has 0 saturated heterocycles. The van der Waals surface area contributed by atoms with E-state index >= 15 is 0 Å². The monoisotopic (exact) mass is 212 g/mol. The van der Waals surface area contributed by atoms with E-state index in [0.29, 0.717) is 0 Å². The van der Waals surface area contributed by atoms with Gasteiger partial charge in [0.2, 0.25) is 0 Å². The van der Waals surface area contributed by atoms with Crippen molar-refractivity contribution >= 4 is 23.1 Å². The lowest BCUT2D eigenvalue weighted by atomic mass is 10.2. The smallest absolute Gasteiger partial charge is 0.135 e. The van der Waals surface area contributed by atoms with Crippen molar-refractivity contribution in [2.45, 2.75) is 20.3 Å². The number of furan rings is 1. The Hall–Kier alpha value is -1.76. The van der Waals surface area contributed by atoms with E-state index in [1.807, 2.05) is 31.2 Å². The molecule has 0 atom stereocenters. The minimum absolute atomic E-state index is 0.913. The fraction of sp³-hybridized carbons (Fsp3) is 0.200. The Morgan fingerprint density at radius 1 is 1.38 bits per heavy atom. The molecule has 16 heavy (non-hydrogen) atoms. The van der Waals surface area contributed by atoms with Gasteiger partial charge in [0.1, 0.15) is 11.0 Å². The average molecular weight is 212 g/mol. The molecule has 1 heteroatoms. The van der Waals surface area contributed by atoms with E-state index in [2.05, 4.69) is 25.6 Å². The zero-order valence-electron chi connectivity index (χ0n) is 9.79. The first kappa shape index (κ1) is 10.7. The van der Waals surface area contributed by atoms with Crippen molar-refractivity contribution in [2.75, 3.05) is 0 Å². The van der Waals surface area contributed by atoms with E-state index in [1.165, 1.54) is 5.39 Å². The second-order valence-corrected chi connectivity index (χ2v) is 3.82. The van der Waals surface area contributed by atoms with Crippen molar-refractivity contribution in [3.8, 4) is 0 Å². The highest BCUT2D eigenvalue weighted by molar-refractivity contribution is 5.79. The summed E-state index contributed by atoms with van der Waals surface area (Å²) in [4.78, 5) is 0. The van der Waals surface area contributed by atoms with Gasteiger partial charge in [-0.05, 0) is 25.5 Å². The molecule has 1 aromatic heterocycles. The average Bonchev–Trinajstić information content (AvgIpc) is 2.65. The lowest BCUT2D eigenvalue weighted by molar-refractivity contribution is 0.575. The largest absolute Gasteiger partial charge is 0.456 e. The maximum Gasteiger partial charge on any atom is 0.135 e. The van der Waals surface area contributed by atoms with Gasteiger partial charge in [-0.3, -0.25) is 0 Å². The second kappa shape index (κ2) is 4.40. The van der Waals surface area contributed by atoms with Crippen LogP contribution < -0.4 is 10.6 Å². The topological polar surface area (TPSA) is 13.1 Å². The molecule has 0 amide bonds. The highest BCUT2D eigenvalue weighted by Crippen LogP contribution is 2.07. The predicted molar refractivity (Wildman–Crippen MR) is 69.5 cm³/mol. The predicted octanol–water partition coefficient (Wildman–Crippen LogP) is 2.98. The van der Waals surface area contributed by atoms with Crippen molar-refractivity contribution in [3.63, 3.8) is 0 Å². The maximum absolute atomic E-state index is 5.81. The van der Waals surface area contributed by atoms with Crippen molar-refractivity contribution in [3.05, 3.63) is 47.1 Å². The van der Waals surface area contributed by atoms with Crippen LogP contribution in [0.15, 0.2) is 40.8 Å². The van der Waals surface area contributed by atoms with E-state index in [9.17, 15) is 0 Å². The zero-order valence-corrected chi connectivity index (χ0v) is 9.79. The SMILES string of the molecule is C=C(C=c1oc2ccccc2c1=CC)CC. The number of allylic oxidation sites excluding steroid dienone is 1. The number of hydrogen-bond acceptors (Lipinski definition) is 1. The van der Waals surface area contributed by atoms with Crippen LogP contribution in [0.1, 0.15) is 20.3 Å². The quantitative estimate of drug-likeness (QED) is 0.746. The number of hydrogen-bond donors (Lipinski definition) is 0. The van der Waals surface area contributed by atoms with E-state index in [1.54, 1.807) is 0 Å². The summed E-state index contributed by atoms with van der Waals surface area (Å²) in [7, 11) is 0. The molecule has 0 fully saturated rings. The maximum atomic E-state index is 5.81. The Labute approximate surface area is 95.4 Å². The van der Waals surface area contributed by atoms with Crippen molar-refractivity contribution in [1.29, 1.82) is 0 Å². The van der Waals surface area contributed by atoms with Crippen LogP contribution in [0, 0.1) is 0 Å². The van der Waals surface area contributed by atoms with Crippen LogP contribution in [0.25, 0.3) is 23.1 Å². The zero-order chi connectivity index (χ0) is 11.5. The number of fused-ring (bicyclic) bond motifs is 1. The molecule has 0 saturated carbocycles. The van der Waals surface area contributed by atoms with Gasteiger partial charge in [-0.25, -0.2) is 0 Å². The molecule has 1 nitrogen and oxygen atoms in total. The minimum atomic E-state index is 0.913. The van der Waals surface area contributed by atoms with E-state index in [-0.39, 0.29) is 0 Å². The molecule has 0 spiro atoms. The Morgan fingerprint density at radius 3 is 2.81 bits per heavy atom. The van der Waals surface area contributed by atoms with Gasteiger partial charge in [0.15, 0.2) is 0 Å². The standard InChI is InChI=1S/C15H16O/c1-4-11(3)10-15-12(5-2)13-8-6-7-9-14(13)16-15/h5-10H,3-4H2,1-2H3. The molecular weight excluding hydrogens is 196 g/mol. The Kier molecular flexibility index (Phi) is 2.95. The van der Waals surface area contributed by atoms with Gasteiger partial charge in [0.25, 0.3) is 0 Å². The van der Waals surface area contributed by atoms with E-state index in [4.69, 9.17) is 4.42 Å².